The molecule has 8 heteroatoms. The highest BCUT2D eigenvalue weighted by molar-refractivity contribution is 7.89. The monoisotopic (exact) mass is 330 g/mol. The lowest BCUT2D eigenvalue weighted by atomic mass is 10.1. The Morgan fingerprint density at radius 1 is 1.22 bits per heavy atom. The molecule has 1 aromatic carbocycles. The summed E-state index contributed by atoms with van der Waals surface area (Å²) in [5, 5.41) is 4.27. The average molecular weight is 330 g/mol. The van der Waals surface area contributed by atoms with Gasteiger partial charge in [-0.1, -0.05) is 18.2 Å². The topological polar surface area (TPSA) is 96.8 Å². The van der Waals surface area contributed by atoms with Crippen molar-refractivity contribution in [3.63, 3.8) is 0 Å². The number of sulfonamides is 1. The van der Waals surface area contributed by atoms with Crippen molar-refractivity contribution in [2.75, 3.05) is 6.26 Å². The first-order valence-electron chi connectivity index (χ1n) is 6.73. The summed E-state index contributed by atoms with van der Waals surface area (Å²) in [6.07, 6.45) is 7.41. The molecule has 7 nitrogen and oxygen atoms in total. The first-order chi connectivity index (χ1) is 10.9. The lowest BCUT2D eigenvalue weighted by molar-refractivity contribution is 0.0982. The molecule has 1 amide bonds. The summed E-state index contributed by atoms with van der Waals surface area (Å²) in [5.41, 5.74) is 2.40. The molecule has 0 atom stereocenters. The van der Waals surface area contributed by atoms with E-state index in [0.29, 0.717) is 11.1 Å². The summed E-state index contributed by atoms with van der Waals surface area (Å²) in [5.74, 6) is -0.684. The van der Waals surface area contributed by atoms with Crippen LogP contribution in [0.25, 0.3) is 16.8 Å². The maximum atomic E-state index is 12.1. The number of H-pyrrole nitrogens is 1. The van der Waals surface area contributed by atoms with Gasteiger partial charge in [-0.25, -0.2) is 17.8 Å². The van der Waals surface area contributed by atoms with Gasteiger partial charge < -0.3 is 4.98 Å². The van der Waals surface area contributed by atoms with Gasteiger partial charge in [0.1, 0.15) is 0 Å². The summed E-state index contributed by atoms with van der Waals surface area (Å²) < 4.78 is 26.1. The van der Waals surface area contributed by atoms with Crippen molar-refractivity contribution in [1.82, 2.24) is 19.5 Å². The van der Waals surface area contributed by atoms with Crippen molar-refractivity contribution >= 4 is 15.9 Å². The Balaban J connectivity index is 1.94. The lowest BCUT2D eigenvalue weighted by Gasteiger charge is -2.03. The Hall–Kier alpha value is -2.87. The zero-order valence-electron chi connectivity index (χ0n) is 12.2. The van der Waals surface area contributed by atoms with Crippen molar-refractivity contribution in [1.29, 1.82) is 0 Å². The minimum absolute atomic E-state index is 0.239. The van der Waals surface area contributed by atoms with E-state index in [2.05, 4.69) is 10.1 Å². The van der Waals surface area contributed by atoms with E-state index in [-0.39, 0.29) is 5.56 Å². The number of carbonyl (C=O) groups excluding carboxylic acids is 1. The number of para-hydroxylation sites is 1. The maximum absolute atomic E-state index is 12.1. The van der Waals surface area contributed by atoms with Crippen LogP contribution in [0.5, 0.6) is 0 Å². The average Bonchev–Trinajstić information content (AvgIpc) is 3.15. The summed E-state index contributed by atoms with van der Waals surface area (Å²) in [6, 6.07) is 9.53. The Kier molecular flexibility index (Phi) is 3.75. The molecule has 0 bridgehead atoms. The van der Waals surface area contributed by atoms with E-state index in [1.165, 1.54) is 6.20 Å². The van der Waals surface area contributed by atoms with Crippen molar-refractivity contribution in [3.8, 4) is 16.8 Å². The molecule has 0 saturated heterocycles. The summed E-state index contributed by atoms with van der Waals surface area (Å²) in [4.78, 5) is 14.9. The number of aromatic nitrogens is 3. The Morgan fingerprint density at radius 3 is 2.65 bits per heavy atom. The molecular weight excluding hydrogens is 316 g/mol. The number of rotatable bonds is 4. The maximum Gasteiger partial charge on any atom is 0.266 e. The fourth-order valence-corrected chi connectivity index (χ4v) is 2.64. The molecule has 2 N–H and O–H groups in total. The minimum atomic E-state index is -3.62. The highest BCUT2D eigenvalue weighted by Crippen LogP contribution is 2.24. The minimum Gasteiger partial charge on any atom is -0.366 e. The molecule has 23 heavy (non-hydrogen) atoms. The zero-order valence-corrected chi connectivity index (χ0v) is 13.0. The first-order valence-corrected chi connectivity index (χ1v) is 8.62. The third-order valence-electron chi connectivity index (χ3n) is 3.18. The highest BCUT2D eigenvalue weighted by Gasteiger charge is 2.18. The van der Waals surface area contributed by atoms with Gasteiger partial charge in [0.2, 0.25) is 10.0 Å². The Bertz CT molecular complexity index is 942. The van der Waals surface area contributed by atoms with E-state index in [0.717, 1.165) is 11.9 Å². The largest absolute Gasteiger partial charge is 0.366 e. The predicted molar refractivity (Wildman–Crippen MR) is 85.7 cm³/mol. The van der Waals surface area contributed by atoms with E-state index in [1.807, 2.05) is 35.1 Å². The quantitative estimate of drug-likeness (QED) is 0.758. The van der Waals surface area contributed by atoms with Gasteiger partial charge in [0.05, 0.1) is 23.7 Å². The second kappa shape index (κ2) is 5.73. The van der Waals surface area contributed by atoms with Crippen molar-refractivity contribution in [3.05, 3.63) is 60.7 Å². The van der Waals surface area contributed by atoms with Crippen molar-refractivity contribution in [2.24, 2.45) is 0 Å². The number of carbonyl (C=O) groups is 1. The van der Waals surface area contributed by atoms with Crippen LogP contribution in [0.3, 0.4) is 0 Å². The molecule has 0 radical (unpaired) electrons. The van der Waals surface area contributed by atoms with E-state index in [4.69, 9.17) is 0 Å². The molecule has 0 fully saturated rings. The molecule has 2 aromatic heterocycles. The molecule has 0 aliphatic carbocycles. The van der Waals surface area contributed by atoms with Crippen molar-refractivity contribution in [2.45, 2.75) is 0 Å². The number of nitrogens with one attached hydrogen (secondary N) is 2. The number of amides is 1. The van der Waals surface area contributed by atoms with Crippen LogP contribution in [0.15, 0.2) is 55.1 Å². The van der Waals surface area contributed by atoms with Crippen LogP contribution in [-0.2, 0) is 10.0 Å². The lowest BCUT2D eigenvalue weighted by Crippen LogP contribution is -2.29. The first kappa shape index (κ1) is 15.0. The smallest absolute Gasteiger partial charge is 0.266 e. The van der Waals surface area contributed by atoms with Gasteiger partial charge in [-0.3, -0.25) is 4.79 Å². The van der Waals surface area contributed by atoms with Crippen molar-refractivity contribution < 1.29 is 13.2 Å². The van der Waals surface area contributed by atoms with Gasteiger partial charge in [-0.15, -0.1) is 0 Å². The molecular formula is C15H14N4O3S. The van der Waals surface area contributed by atoms with Gasteiger partial charge in [-0.05, 0) is 12.1 Å². The molecule has 0 saturated carbocycles. The number of nitrogens with zero attached hydrogens (tertiary/aromatic N) is 2. The van der Waals surface area contributed by atoms with Gasteiger partial charge in [0, 0.05) is 29.7 Å². The number of hydrogen-bond acceptors (Lipinski definition) is 4. The molecule has 118 valence electrons. The van der Waals surface area contributed by atoms with E-state index < -0.39 is 15.9 Å². The Morgan fingerprint density at radius 2 is 1.96 bits per heavy atom. The van der Waals surface area contributed by atoms with E-state index in [9.17, 15) is 13.2 Å². The predicted octanol–water partition coefficient (Wildman–Crippen LogP) is 1.56. The third kappa shape index (κ3) is 3.32. The normalized spacial score (nSPS) is 11.3. The number of aromatic amines is 1. The molecule has 0 spiro atoms. The van der Waals surface area contributed by atoms with E-state index in [1.54, 1.807) is 23.3 Å². The van der Waals surface area contributed by atoms with Gasteiger partial charge >= 0.3 is 0 Å². The van der Waals surface area contributed by atoms with Crippen LogP contribution >= 0.6 is 0 Å². The van der Waals surface area contributed by atoms with Crippen LogP contribution in [0.4, 0.5) is 0 Å². The molecule has 3 rings (SSSR count). The summed E-state index contributed by atoms with van der Waals surface area (Å²) in [6.45, 7) is 0. The fourth-order valence-electron chi connectivity index (χ4n) is 2.20. The molecule has 3 aromatic rings. The third-order valence-corrected chi connectivity index (χ3v) is 3.74. The second-order valence-corrected chi connectivity index (χ2v) is 6.74. The van der Waals surface area contributed by atoms with E-state index >= 15 is 0 Å². The molecule has 0 unspecified atom stereocenters. The molecule has 0 aliphatic heterocycles. The second-order valence-electron chi connectivity index (χ2n) is 5.00. The van der Waals surface area contributed by atoms with Crippen LogP contribution in [0.2, 0.25) is 0 Å². The standard InChI is InChI=1S/C15H14N4O3S/c1-23(21,22)18-15(20)14-9-16-8-13(14)11-7-17-19(10-11)12-5-3-2-4-6-12/h2-10,16H,1H3,(H,18,20). The highest BCUT2D eigenvalue weighted by atomic mass is 32.2. The SMILES string of the molecule is CS(=O)(=O)NC(=O)c1c[nH]cc1-c1cnn(-c2ccccc2)c1. The Labute approximate surface area is 133 Å². The van der Waals surface area contributed by atoms with Gasteiger partial charge in [0.15, 0.2) is 0 Å². The summed E-state index contributed by atoms with van der Waals surface area (Å²) in [7, 11) is -3.62. The van der Waals surface area contributed by atoms with Gasteiger partial charge in [0.25, 0.3) is 5.91 Å². The molecule has 2 heterocycles. The van der Waals surface area contributed by atoms with Crippen LogP contribution in [-0.4, -0.2) is 35.3 Å². The van der Waals surface area contributed by atoms with Crippen LogP contribution < -0.4 is 4.72 Å². The fraction of sp³-hybridized carbons (Fsp3) is 0.0667. The zero-order chi connectivity index (χ0) is 16.4. The van der Waals surface area contributed by atoms with Crippen LogP contribution in [0, 0.1) is 0 Å². The molecule has 0 aliphatic rings. The number of hydrogen-bond donors (Lipinski definition) is 2. The summed E-state index contributed by atoms with van der Waals surface area (Å²) >= 11 is 0. The van der Waals surface area contributed by atoms with Crippen LogP contribution in [0.1, 0.15) is 10.4 Å². The number of benzene rings is 1. The van der Waals surface area contributed by atoms with Gasteiger partial charge in [-0.2, -0.15) is 5.10 Å².